The highest BCUT2D eigenvalue weighted by molar-refractivity contribution is 6.23. The fraction of sp³-hybridized carbons (Fsp3) is 0.167. The standard InChI is InChI=1S/C36H30N2/c1-21-9-10-26-15-18-31-32(19-22(2)38-36(31)35(26)37-21)28-8-4-7-27(20-28)29-16-13-25-12-11-23-5-3-6-24-14-17-30(29)34(25)33(23)24/h3-6,8-22,27,37-38H,7H2,1-2H3. The van der Waals surface area contributed by atoms with Crippen molar-refractivity contribution in [2.75, 3.05) is 10.6 Å². The smallest absolute Gasteiger partial charge is 0.0666 e. The summed E-state index contributed by atoms with van der Waals surface area (Å²) in [4.78, 5) is 0. The Kier molecular flexibility index (Phi) is 4.64. The van der Waals surface area contributed by atoms with Crippen LogP contribution in [0.25, 0.3) is 44.0 Å². The van der Waals surface area contributed by atoms with Gasteiger partial charge in [-0.1, -0.05) is 103 Å². The van der Waals surface area contributed by atoms with Crippen LogP contribution in [0.5, 0.6) is 0 Å². The van der Waals surface area contributed by atoms with E-state index in [1.807, 2.05) is 0 Å². The first kappa shape index (κ1) is 21.8. The Balaban J connectivity index is 1.27. The van der Waals surface area contributed by atoms with Gasteiger partial charge in [0, 0.05) is 23.6 Å². The molecule has 2 N–H and O–H groups in total. The van der Waals surface area contributed by atoms with E-state index in [2.05, 4.69) is 128 Å². The molecule has 5 aromatic carbocycles. The summed E-state index contributed by atoms with van der Waals surface area (Å²) < 4.78 is 0. The Morgan fingerprint density at radius 3 is 2.32 bits per heavy atom. The first-order chi connectivity index (χ1) is 18.6. The van der Waals surface area contributed by atoms with Gasteiger partial charge < -0.3 is 10.6 Å². The number of allylic oxidation sites excluding steroid dienone is 5. The molecule has 2 nitrogen and oxygen atoms in total. The van der Waals surface area contributed by atoms with Gasteiger partial charge in [0.15, 0.2) is 0 Å². The molecule has 3 aliphatic rings. The summed E-state index contributed by atoms with van der Waals surface area (Å²) in [7, 11) is 0. The molecule has 0 amide bonds. The van der Waals surface area contributed by atoms with Gasteiger partial charge in [0.2, 0.25) is 0 Å². The topological polar surface area (TPSA) is 24.1 Å². The molecule has 0 fully saturated rings. The van der Waals surface area contributed by atoms with Crippen LogP contribution in [0.3, 0.4) is 0 Å². The zero-order valence-corrected chi connectivity index (χ0v) is 21.8. The maximum atomic E-state index is 3.75. The van der Waals surface area contributed by atoms with Gasteiger partial charge in [-0.05, 0) is 74.9 Å². The van der Waals surface area contributed by atoms with Gasteiger partial charge in [-0.2, -0.15) is 0 Å². The Bertz CT molecular complexity index is 1870. The minimum absolute atomic E-state index is 0.260. The molecule has 1 aliphatic carbocycles. The van der Waals surface area contributed by atoms with Gasteiger partial charge in [0.05, 0.1) is 11.4 Å². The second kappa shape index (κ2) is 8.10. The number of nitrogens with one attached hydrogen (secondary N) is 2. The van der Waals surface area contributed by atoms with Crippen molar-refractivity contribution < 1.29 is 0 Å². The average Bonchev–Trinajstić information content (AvgIpc) is 2.95. The van der Waals surface area contributed by atoms with Gasteiger partial charge in [0.1, 0.15) is 0 Å². The molecule has 0 saturated heterocycles. The Hall–Kier alpha value is -4.30. The van der Waals surface area contributed by atoms with E-state index in [0.29, 0.717) is 12.0 Å². The van der Waals surface area contributed by atoms with Crippen LogP contribution >= 0.6 is 0 Å². The van der Waals surface area contributed by atoms with Crippen LogP contribution in [0.4, 0.5) is 11.4 Å². The molecule has 3 atom stereocenters. The third-order valence-corrected chi connectivity index (χ3v) is 8.59. The minimum atomic E-state index is 0.260. The molecular formula is C36H30N2. The second-order valence-electron chi connectivity index (χ2n) is 11.1. The number of hydrogen-bond acceptors (Lipinski definition) is 2. The van der Waals surface area contributed by atoms with Crippen molar-refractivity contribution in [3.05, 3.63) is 119 Å². The van der Waals surface area contributed by atoms with E-state index in [9.17, 15) is 0 Å². The summed E-state index contributed by atoms with van der Waals surface area (Å²) in [5, 5.41) is 15.6. The van der Waals surface area contributed by atoms with Gasteiger partial charge in [-0.3, -0.25) is 0 Å². The molecule has 38 heavy (non-hydrogen) atoms. The fourth-order valence-electron chi connectivity index (χ4n) is 6.83. The van der Waals surface area contributed by atoms with Crippen molar-refractivity contribution in [1.82, 2.24) is 0 Å². The maximum Gasteiger partial charge on any atom is 0.0666 e. The molecule has 0 aromatic heterocycles. The van der Waals surface area contributed by atoms with Crippen LogP contribution in [0.1, 0.15) is 42.9 Å². The predicted octanol–water partition coefficient (Wildman–Crippen LogP) is 9.28. The summed E-state index contributed by atoms with van der Waals surface area (Å²) in [5.74, 6) is 0.341. The van der Waals surface area contributed by atoms with Crippen molar-refractivity contribution in [2.24, 2.45) is 0 Å². The van der Waals surface area contributed by atoms with Gasteiger partial charge in [-0.25, -0.2) is 0 Å². The van der Waals surface area contributed by atoms with Crippen molar-refractivity contribution in [1.29, 1.82) is 0 Å². The summed E-state index contributed by atoms with van der Waals surface area (Å²) in [6, 6.07) is 25.6. The van der Waals surface area contributed by atoms with E-state index in [1.54, 1.807) is 0 Å². The monoisotopic (exact) mass is 490 g/mol. The van der Waals surface area contributed by atoms with E-state index in [0.717, 1.165) is 6.42 Å². The Morgan fingerprint density at radius 1 is 0.684 bits per heavy atom. The molecule has 0 radical (unpaired) electrons. The van der Waals surface area contributed by atoms with Gasteiger partial charge in [-0.15, -0.1) is 0 Å². The third-order valence-electron chi connectivity index (χ3n) is 8.59. The highest BCUT2D eigenvalue weighted by atomic mass is 15.0. The zero-order valence-electron chi connectivity index (χ0n) is 21.8. The second-order valence-corrected chi connectivity index (χ2v) is 11.1. The summed E-state index contributed by atoms with van der Waals surface area (Å²) in [6.45, 7) is 4.45. The molecule has 2 heteroatoms. The lowest BCUT2D eigenvalue weighted by atomic mass is 9.81. The van der Waals surface area contributed by atoms with Crippen LogP contribution in [0.15, 0.2) is 103 Å². The van der Waals surface area contributed by atoms with Crippen molar-refractivity contribution in [2.45, 2.75) is 38.3 Å². The van der Waals surface area contributed by atoms with Crippen LogP contribution in [0.2, 0.25) is 0 Å². The molecule has 0 bridgehead atoms. The highest BCUT2D eigenvalue weighted by Crippen LogP contribution is 2.45. The van der Waals surface area contributed by atoms with Gasteiger partial charge in [0.25, 0.3) is 0 Å². The van der Waals surface area contributed by atoms with Crippen molar-refractivity contribution in [3.8, 4) is 0 Å². The molecule has 0 spiro atoms. The molecule has 184 valence electrons. The van der Waals surface area contributed by atoms with Crippen molar-refractivity contribution >= 4 is 55.3 Å². The number of benzene rings is 5. The molecule has 0 saturated carbocycles. The normalized spacial score (nSPS) is 22.1. The lowest BCUT2D eigenvalue weighted by Crippen LogP contribution is -2.23. The summed E-state index contributed by atoms with van der Waals surface area (Å²) in [5.41, 5.74) is 9.05. The predicted molar refractivity (Wildman–Crippen MR) is 164 cm³/mol. The van der Waals surface area contributed by atoms with E-state index in [4.69, 9.17) is 0 Å². The van der Waals surface area contributed by atoms with Crippen LogP contribution in [-0.4, -0.2) is 12.1 Å². The van der Waals surface area contributed by atoms with E-state index in [1.165, 1.54) is 71.5 Å². The van der Waals surface area contributed by atoms with Crippen LogP contribution < -0.4 is 10.6 Å². The van der Waals surface area contributed by atoms with E-state index >= 15 is 0 Å². The average molecular weight is 491 g/mol. The number of fused-ring (bicyclic) bond motifs is 3. The molecular weight excluding hydrogens is 460 g/mol. The largest absolute Gasteiger partial charge is 0.377 e. The van der Waals surface area contributed by atoms with Gasteiger partial charge >= 0.3 is 0 Å². The van der Waals surface area contributed by atoms with E-state index in [-0.39, 0.29) is 6.04 Å². The molecule has 2 heterocycles. The van der Waals surface area contributed by atoms with Crippen LogP contribution in [-0.2, 0) is 0 Å². The molecule has 8 rings (SSSR count). The maximum absolute atomic E-state index is 3.75. The zero-order chi connectivity index (χ0) is 25.4. The SMILES string of the molecule is CC1C=Cc2ccc3c(c2N1)NC(C)C=C3C1=CC(c2ccc3ccc4cccc5ccc2c3c45)CC=C1. The molecule has 3 unspecified atom stereocenters. The first-order valence-corrected chi connectivity index (χ1v) is 13.8. The minimum Gasteiger partial charge on any atom is -0.377 e. The fourth-order valence-corrected chi connectivity index (χ4v) is 6.83. The Labute approximate surface area is 223 Å². The number of anilines is 2. The molecule has 2 aliphatic heterocycles. The van der Waals surface area contributed by atoms with Crippen LogP contribution in [0, 0.1) is 0 Å². The first-order valence-electron chi connectivity index (χ1n) is 13.8. The lowest BCUT2D eigenvalue weighted by molar-refractivity contribution is 0.856. The molecule has 5 aromatic rings. The Morgan fingerprint density at radius 2 is 1.45 bits per heavy atom. The lowest BCUT2D eigenvalue weighted by Gasteiger charge is -2.31. The number of rotatable bonds is 2. The highest BCUT2D eigenvalue weighted by Gasteiger charge is 2.26. The van der Waals surface area contributed by atoms with Crippen molar-refractivity contribution in [3.63, 3.8) is 0 Å². The van der Waals surface area contributed by atoms with E-state index < -0.39 is 0 Å². The summed E-state index contributed by atoms with van der Waals surface area (Å²) >= 11 is 0. The summed E-state index contributed by atoms with van der Waals surface area (Å²) in [6.07, 6.45) is 15.1. The number of hydrogen-bond donors (Lipinski definition) is 2. The third kappa shape index (κ3) is 3.20. The quantitative estimate of drug-likeness (QED) is 0.241.